The van der Waals surface area contributed by atoms with Gasteiger partial charge in [0, 0.05) is 25.5 Å². The zero-order chi connectivity index (χ0) is 19.6. The van der Waals surface area contributed by atoms with Crippen LogP contribution in [0, 0.1) is 0 Å². The summed E-state index contributed by atoms with van der Waals surface area (Å²) in [7, 11) is 5.43. The summed E-state index contributed by atoms with van der Waals surface area (Å²) in [4.78, 5) is 17.0. The Morgan fingerprint density at radius 3 is 2.30 bits per heavy atom. The van der Waals surface area contributed by atoms with Gasteiger partial charge in [-0.25, -0.2) is 0 Å². The van der Waals surface area contributed by atoms with Gasteiger partial charge in [-0.1, -0.05) is 30.3 Å². The van der Waals surface area contributed by atoms with Gasteiger partial charge in [-0.2, -0.15) is 0 Å². The number of likely N-dealkylation sites (N-methyl/N-ethyl adjacent to an activating group) is 1. The number of hydrogen-bond donors (Lipinski definition) is 1. The van der Waals surface area contributed by atoms with Crippen molar-refractivity contribution in [3.8, 4) is 5.75 Å². The van der Waals surface area contributed by atoms with Crippen molar-refractivity contribution < 1.29 is 9.53 Å². The highest BCUT2D eigenvalue weighted by Crippen LogP contribution is 2.36. The maximum absolute atomic E-state index is 13.2. The minimum Gasteiger partial charge on any atom is -0.497 e. The summed E-state index contributed by atoms with van der Waals surface area (Å²) in [6.45, 7) is 1.93. The molecule has 0 saturated carbocycles. The van der Waals surface area contributed by atoms with Crippen molar-refractivity contribution in [1.29, 1.82) is 0 Å². The van der Waals surface area contributed by atoms with Gasteiger partial charge < -0.3 is 19.9 Å². The van der Waals surface area contributed by atoms with Crippen LogP contribution in [0.3, 0.4) is 0 Å². The number of amides is 1. The molecular weight excluding hydrogens is 358 g/mol. The number of methoxy groups -OCH3 is 1. The number of allylic oxidation sites excluding steroid dienone is 1. The van der Waals surface area contributed by atoms with Gasteiger partial charge in [0.1, 0.15) is 5.75 Å². The lowest BCUT2D eigenvalue weighted by atomic mass is 9.93. The second-order valence-corrected chi connectivity index (χ2v) is 6.81. The molecule has 1 N–H and O–H groups in total. The lowest BCUT2D eigenvalue weighted by Gasteiger charge is -2.42. The van der Waals surface area contributed by atoms with Crippen molar-refractivity contribution in [1.82, 2.24) is 9.80 Å². The fraction of sp³-hybridized carbons (Fsp3) is 0.238. The van der Waals surface area contributed by atoms with Crippen molar-refractivity contribution in [2.45, 2.75) is 13.0 Å². The Hall–Kier alpha value is -2.86. The summed E-state index contributed by atoms with van der Waals surface area (Å²) in [6.07, 6.45) is 0. The molecule has 2 aromatic rings. The molecular formula is C21H23N3O2S. The molecule has 5 nitrogen and oxygen atoms in total. The number of thiocarbonyl (C=S) groups is 1. The van der Waals surface area contributed by atoms with Crippen molar-refractivity contribution in [2.24, 2.45) is 0 Å². The van der Waals surface area contributed by atoms with E-state index in [0.29, 0.717) is 10.7 Å². The second kappa shape index (κ2) is 7.80. The van der Waals surface area contributed by atoms with Crippen LogP contribution in [0.15, 0.2) is 65.9 Å². The zero-order valence-corrected chi connectivity index (χ0v) is 16.7. The molecule has 0 unspecified atom stereocenters. The lowest BCUT2D eigenvalue weighted by Crippen LogP contribution is -2.47. The monoisotopic (exact) mass is 381 g/mol. The molecule has 0 aliphatic carbocycles. The molecule has 3 rings (SSSR count). The highest BCUT2D eigenvalue weighted by molar-refractivity contribution is 7.80. The molecule has 1 atom stereocenters. The third kappa shape index (κ3) is 3.66. The van der Waals surface area contributed by atoms with Gasteiger partial charge in [-0.15, -0.1) is 0 Å². The van der Waals surface area contributed by atoms with Gasteiger partial charge in [0.15, 0.2) is 5.11 Å². The number of anilines is 1. The van der Waals surface area contributed by atoms with Crippen LogP contribution in [0.2, 0.25) is 0 Å². The molecule has 27 heavy (non-hydrogen) atoms. The summed E-state index contributed by atoms with van der Waals surface area (Å²) >= 11 is 5.58. The predicted molar refractivity (Wildman–Crippen MR) is 112 cm³/mol. The van der Waals surface area contributed by atoms with Crippen LogP contribution < -0.4 is 10.1 Å². The summed E-state index contributed by atoms with van der Waals surface area (Å²) in [5, 5.41) is 3.67. The normalized spacial score (nSPS) is 17.2. The average Bonchev–Trinajstić information content (AvgIpc) is 2.69. The summed E-state index contributed by atoms with van der Waals surface area (Å²) in [5.41, 5.74) is 3.25. The molecule has 0 fully saturated rings. The molecule has 0 bridgehead atoms. The minimum atomic E-state index is -0.275. The van der Waals surface area contributed by atoms with E-state index in [1.165, 1.54) is 0 Å². The number of hydrogen-bond acceptors (Lipinski definition) is 3. The highest BCUT2D eigenvalue weighted by atomic mass is 32.1. The van der Waals surface area contributed by atoms with Crippen LogP contribution in [0.25, 0.3) is 0 Å². The molecule has 2 aromatic carbocycles. The van der Waals surface area contributed by atoms with E-state index in [4.69, 9.17) is 17.0 Å². The van der Waals surface area contributed by atoms with Crippen LogP contribution in [-0.4, -0.2) is 42.0 Å². The van der Waals surface area contributed by atoms with Crippen molar-refractivity contribution in [3.05, 3.63) is 71.4 Å². The first-order valence-corrected chi connectivity index (χ1v) is 9.06. The molecule has 0 radical (unpaired) electrons. The number of nitrogens with zero attached hydrogens (tertiary/aromatic N) is 2. The van der Waals surface area contributed by atoms with E-state index >= 15 is 0 Å². The molecule has 0 saturated heterocycles. The van der Waals surface area contributed by atoms with Crippen molar-refractivity contribution in [2.75, 3.05) is 26.5 Å². The van der Waals surface area contributed by atoms with E-state index in [1.807, 2.05) is 85.4 Å². The number of carbonyl (C=O) groups excluding carboxylic acids is 1. The Labute approximate surface area is 165 Å². The molecule has 1 aliphatic rings. The number of para-hydroxylation sites is 1. The van der Waals surface area contributed by atoms with Crippen LogP contribution in [0.1, 0.15) is 18.5 Å². The van der Waals surface area contributed by atoms with Crippen molar-refractivity contribution in [3.63, 3.8) is 0 Å². The molecule has 1 aliphatic heterocycles. The van der Waals surface area contributed by atoms with E-state index in [9.17, 15) is 4.79 Å². The molecule has 1 heterocycles. The van der Waals surface area contributed by atoms with Crippen LogP contribution >= 0.6 is 12.2 Å². The first kappa shape index (κ1) is 18.9. The molecule has 0 spiro atoms. The summed E-state index contributed by atoms with van der Waals surface area (Å²) < 4.78 is 5.26. The number of rotatable bonds is 4. The number of carbonyl (C=O) groups is 1. The summed E-state index contributed by atoms with van der Waals surface area (Å²) in [6, 6.07) is 16.9. The molecule has 0 aromatic heterocycles. The van der Waals surface area contributed by atoms with E-state index in [2.05, 4.69) is 5.32 Å². The Kier molecular flexibility index (Phi) is 5.46. The fourth-order valence-corrected chi connectivity index (χ4v) is 3.49. The SMILES string of the molecule is COc1ccc([C@H]2C(C(=O)Nc3ccccc3)=C(C)N(C)C(=S)N2C)cc1. The van der Waals surface area contributed by atoms with Crippen molar-refractivity contribution >= 4 is 28.9 Å². The largest absolute Gasteiger partial charge is 0.497 e. The van der Waals surface area contributed by atoms with Crippen LogP contribution in [0.5, 0.6) is 5.75 Å². The van der Waals surface area contributed by atoms with Crippen LogP contribution in [-0.2, 0) is 4.79 Å². The Morgan fingerprint density at radius 2 is 1.70 bits per heavy atom. The predicted octanol–water partition coefficient (Wildman–Crippen LogP) is 3.81. The van der Waals surface area contributed by atoms with Gasteiger partial charge >= 0.3 is 0 Å². The Balaban J connectivity index is 2.04. The van der Waals surface area contributed by atoms with E-state index in [1.54, 1.807) is 7.11 Å². The topological polar surface area (TPSA) is 44.8 Å². The van der Waals surface area contributed by atoms with E-state index < -0.39 is 0 Å². The van der Waals surface area contributed by atoms with Gasteiger partial charge in [0.25, 0.3) is 5.91 Å². The standard InChI is InChI=1S/C21H23N3O2S/c1-14-18(20(25)22-16-8-6-5-7-9-16)19(24(3)21(27)23(14)2)15-10-12-17(26-4)13-11-15/h5-13,19H,1-4H3,(H,22,25)/t19-/m0/s1. The van der Waals surface area contributed by atoms with Gasteiger partial charge in [-0.05, 0) is 49.0 Å². The fourth-order valence-electron chi connectivity index (χ4n) is 3.25. The zero-order valence-electron chi connectivity index (χ0n) is 15.9. The lowest BCUT2D eigenvalue weighted by molar-refractivity contribution is -0.113. The number of nitrogens with one attached hydrogen (secondary N) is 1. The van der Waals surface area contributed by atoms with Gasteiger partial charge in [-0.3, -0.25) is 4.79 Å². The number of ether oxygens (including phenoxy) is 1. The van der Waals surface area contributed by atoms with Gasteiger partial charge in [0.2, 0.25) is 0 Å². The van der Waals surface area contributed by atoms with E-state index in [-0.39, 0.29) is 11.9 Å². The minimum absolute atomic E-state index is 0.138. The molecule has 6 heteroatoms. The maximum atomic E-state index is 13.2. The van der Waals surface area contributed by atoms with Crippen LogP contribution in [0.4, 0.5) is 5.69 Å². The molecule has 140 valence electrons. The molecule has 1 amide bonds. The average molecular weight is 382 g/mol. The second-order valence-electron chi connectivity index (χ2n) is 6.45. The number of benzene rings is 2. The van der Waals surface area contributed by atoms with E-state index in [0.717, 1.165) is 22.7 Å². The third-order valence-corrected chi connectivity index (χ3v) is 5.41. The first-order chi connectivity index (χ1) is 12.9. The third-order valence-electron chi connectivity index (χ3n) is 4.85. The smallest absolute Gasteiger partial charge is 0.255 e. The Morgan fingerprint density at radius 1 is 1.07 bits per heavy atom. The Bertz CT molecular complexity index is 878. The summed E-state index contributed by atoms with van der Waals surface area (Å²) in [5.74, 6) is 0.633. The highest BCUT2D eigenvalue weighted by Gasteiger charge is 2.36. The van der Waals surface area contributed by atoms with Gasteiger partial charge in [0.05, 0.1) is 18.7 Å². The maximum Gasteiger partial charge on any atom is 0.255 e. The first-order valence-electron chi connectivity index (χ1n) is 8.65. The quantitative estimate of drug-likeness (QED) is 0.816.